The van der Waals surface area contributed by atoms with Crippen molar-refractivity contribution in [2.24, 2.45) is 0 Å². The fourth-order valence-corrected chi connectivity index (χ4v) is 3.96. The summed E-state index contributed by atoms with van der Waals surface area (Å²) in [5.41, 5.74) is 1.04. The molecule has 0 saturated heterocycles. The second kappa shape index (κ2) is 7.35. The molecule has 21 heavy (non-hydrogen) atoms. The average Bonchev–Trinajstić information content (AvgIpc) is 3.30. The lowest BCUT2D eigenvalue weighted by molar-refractivity contribution is 0.177. The molecule has 1 N–H and O–H groups in total. The van der Waals surface area contributed by atoms with Gasteiger partial charge in [-0.15, -0.1) is 0 Å². The van der Waals surface area contributed by atoms with Gasteiger partial charge in [0.05, 0.1) is 11.5 Å². The third kappa shape index (κ3) is 4.26. The Bertz CT molecular complexity index is 537. The number of nitrogens with zero attached hydrogens (tertiary/aromatic N) is 1. The Morgan fingerprint density at radius 2 is 1.95 bits per heavy atom. The van der Waals surface area contributed by atoms with Crippen LogP contribution in [0.1, 0.15) is 24.8 Å². The van der Waals surface area contributed by atoms with Crippen LogP contribution in [0.3, 0.4) is 0 Å². The van der Waals surface area contributed by atoms with Crippen LogP contribution in [0.15, 0.2) is 29.2 Å². The molecule has 1 fully saturated rings. The van der Waals surface area contributed by atoms with Crippen molar-refractivity contribution in [3.8, 4) is 0 Å². The first-order valence-electron chi connectivity index (χ1n) is 7.30. The first kappa shape index (κ1) is 16.4. The van der Waals surface area contributed by atoms with Gasteiger partial charge in [0.1, 0.15) is 0 Å². The first-order valence-corrected chi connectivity index (χ1v) is 8.74. The van der Waals surface area contributed by atoms with Crippen molar-refractivity contribution in [2.75, 3.05) is 26.9 Å². The van der Waals surface area contributed by atoms with Gasteiger partial charge in [0.15, 0.2) is 0 Å². The van der Waals surface area contributed by atoms with Crippen LogP contribution in [-0.4, -0.2) is 50.7 Å². The SMILES string of the molecule is COCCN(C1CC1)S(=O)(=O)c1ccc(CCCO)cc1. The number of aliphatic hydroxyl groups is 1. The zero-order chi connectivity index (χ0) is 15.3. The van der Waals surface area contributed by atoms with Gasteiger partial charge in [-0.25, -0.2) is 8.42 Å². The summed E-state index contributed by atoms with van der Waals surface area (Å²) in [6.45, 7) is 0.951. The van der Waals surface area contributed by atoms with Gasteiger partial charge in [-0.3, -0.25) is 0 Å². The van der Waals surface area contributed by atoms with Crippen LogP contribution < -0.4 is 0 Å². The van der Waals surface area contributed by atoms with Gasteiger partial charge in [-0.05, 0) is 43.4 Å². The van der Waals surface area contributed by atoms with Gasteiger partial charge in [0, 0.05) is 26.3 Å². The van der Waals surface area contributed by atoms with E-state index in [1.165, 1.54) is 0 Å². The number of benzene rings is 1. The fourth-order valence-electron chi connectivity index (χ4n) is 2.29. The molecular formula is C15H23NO4S. The molecule has 1 aromatic rings. The highest BCUT2D eigenvalue weighted by Gasteiger charge is 2.37. The summed E-state index contributed by atoms with van der Waals surface area (Å²) in [6.07, 6.45) is 3.30. The Labute approximate surface area is 126 Å². The molecule has 0 unspecified atom stereocenters. The van der Waals surface area contributed by atoms with Gasteiger partial charge >= 0.3 is 0 Å². The minimum absolute atomic E-state index is 0.124. The Balaban J connectivity index is 2.13. The minimum Gasteiger partial charge on any atom is -0.396 e. The number of sulfonamides is 1. The van der Waals surface area contributed by atoms with E-state index in [1.807, 2.05) is 12.1 Å². The molecular weight excluding hydrogens is 290 g/mol. The largest absolute Gasteiger partial charge is 0.396 e. The van der Waals surface area contributed by atoms with Crippen molar-refractivity contribution in [3.05, 3.63) is 29.8 Å². The molecule has 1 saturated carbocycles. The Hall–Kier alpha value is -0.950. The van der Waals surface area contributed by atoms with Gasteiger partial charge in [0.25, 0.3) is 0 Å². The summed E-state index contributed by atoms with van der Waals surface area (Å²) >= 11 is 0. The highest BCUT2D eigenvalue weighted by Crippen LogP contribution is 2.31. The van der Waals surface area contributed by atoms with Crippen LogP contribution in [0.2, 0.25) is 0 Å². The third-order valence-corrected chi connectivity index (χ3v) is 5.59. The summed E-state index contributed by atoms with van der Waals surface area (Å²) in [6, 6.07) is 7.08. The molecule has 0 amide bonds. The lowest BCUT2D eigenvalue weighted by Gasteiger charge is -2.21. The van der Waals surface area contributed by atoms with Crippen molar-refractivity contribution in [1.82, 2.24) is 4.31 Å². The topological polar surface area (TPSA) is 66.8 Å². The summed E-state index contributed by atoms with van der Waals surface area (Å²) < 4.78 is 31.9. The van der Waals surface area contributed by atoms with Crippen molar-refractivity contribution in [3.63, 3.8) is 0 Å². The van der Waals surface area contributed by atoms with Crippen LogP contribution in [0.25, 0.3) is 0 Å². The molecule has 6 heteroatoms. The highest BCUT2D eigenvalue weighted by molar-refractivity contribution is 7.89. The van der Waals surface area contributed by atoms with Gasteiger partial charge in [-0.2, -0.15) is 4.31 Å². The van der Waals surface area contributed by atoms with Crippen molar-refractivity contribution >= 4 is 10.0 Å². The second-order valence-corrected chi connectivity index (χ2v) is 7.20. The highest BCUT2D eigenvalue weighted by atomic mass is 32.2. The molecule has 0 spiro atoms. The molecule has 118 valence electrons. The molecule has 2 rings (SSSR count). The maximum absolute atomic E-state index is 12.7. The molecule has 0 aromatic heterocycles. The van der Waals surface area contributed by atoms with E-state index in [0.717, 1.165) is 24.8 Å². The lowest BCUT2D eigenvalue weighted by Crippen LogP contribution is -2.35. The summed E-state index contributed by atoms with van der Waals surface area (Å²) in [7, 11) is -1.87. The fraction of sp³-hybridized carbons (Fsp3) is 0.600. The van der Waals surface area contributed by atoms with Crippen molar-refractivity contribution in [1.29, 1.82) is 0 Å². The predicted molar refractivity (Wildman–Crippen MR) is 80.6 cm³/mol. The first-order chi connectivity index (χ1) is 10.1. The van der Waals surface area contributed by atoms with E-state index in [0.29, 0.717) is 24.5 Å². The minimum atomic E-state index is -3.44. The normalized spacial score (nSPS) is 15.6. The zero-order valence-electron chi connectivity index (χ0n) is 12.4. The molecule has 0 bridgehead atoms. The monoisotopic (exact) mass is 313 g/mol. The quantitative estimate of drug-likeness (QED) is 0.748. The molecule has 0 atom stereocenters. The van der Waals surface area contributed by atoms with E-state index in [9.17, 15) is 8.42 Å². The van der Waals surface area contributed by atoms with Crippen molar-refractivity contribution in [2.45, 2.75) is 36.6 Å². The van der Waals surface area contributed by atoms with E-state index in [4.69, 9.17) is 9.84 Å². The number of aliphatic hydroxyl groups excluding tert-OH is 1. The Morgan fingerprint density at radius 3 is 2.48 bits per heavy atom. The molecule has 5 nitrogen and oxygen atoms in total. The summed E-state index contributed by atoms with van der Waals surface area (Å²) in [4.78, 5) is 0.332. The lowest BCUT2D eigenvalue weighted by atomic mass is 10.1. The molecule has 1 aromatic carbocycles. The molecule has 0 heterocycles. The summed E-state index contributed by atoms with van der Waals surface area (Å²) in [5.74, 6) is 0. The molecule has 0 aliphatic heterocycles. The second-order valence-electron chi connectivity index (χ2n) is 5.31. The van der Waals surface area contributed by atoms with Crippen LogP contribution in [-0.2, 0) is 21.2 Å². The van der Waals surface area contributed by atoms with Gasteiger partial charge < -0.3 is 9.84 Å². The van der Waals surface area contributed by atoms with Crippen molar-refractivity contribution < 1.29 is 18.3 Å². The van der Waals surface area contributed by atoms with Crippen LogP contribution in [0.4, 0.5) is 0 Å². The summed E-state index contributed by atoms with van der Waals surface area (Å²) in [5, 5.41) is 8.82. The van der Waals surface area contributed by atoms with E-state index < -0.39 is 10.0 Å². The third-order valence-electron chi connectivity index (χ3n) is 3.62. The zero-order valence-corrected chi connectivity index (χ0v) is 13.2. The van der Waals surface area contributed by atoms with Crippen LogP contribution in [0, 0.1) is 0 Å². The van der Waals surface area contributed by atoms with Gasteiger partial charge in [-0.1, -0.05) is 12.1 Å². The standard InChI is InChI=1S/C15H23NO4S/c1-20-12-10-16(14-6-7-14)21(18,19)15-8-4-13(5-9-15)3-2-11-17/h4-5,8-9,14,17H,2-3,6-7,10-12H2,1H3. The average molecular weight is 313 g/mol. The number of rotatable bonds is 9. The molecule has 0 radical (unpaired) electrons. The Kier molecular flexibility index (Phi) is 5.75. The van der Waals surface area contributed by atoms with E-state index in [2.05, 4.69) is 0 Å². The number of ether oxygens (including phenoxy) is 1. The van der Waals surface area contributed by atoms with E-state index in [1.54, 1.807) is 23.5 Å². The van der Waals surface area contributed by atoms with Gasteiger partial charge in [0.2, 0.25) is 10.0 Å². The smallest absolute Gasteiger partial charge is 0.243 e. The molecule has 1 aliphatic carbocycles. The maximum Gasteiger partial charge on any atom is 0.243 e. The number of methoxy groups -OCH3 is 1. The van der Waals surface area contributed by atoms with E-state index >= 15 is 0 Å². The maximum atomic E-state index is 12.7. The van der Waals surface area contributed by atoms with Crippen LogP contribution >= 0.6 is 0 Å². The Morgan fingerprint density at radius 1 is 1.29 bits per heavy atom. The van der Waals surface area contributed by atoms with E-state index in [-0.39, 0.29) is 12.6 Å². The number of hydrogen-bond acceptors (Lipinski definition) is 4. The predicted octanol–water partition coefficient (Wildman–Crippen LogP) is 1.41. The number of hydrogen-bond donors (Lipinski definition) is 1. The van der Waals surface area contributed by atoms with Crippen LogP contribution in [0.5, 0.6) is 0 Å². The molecule has 1 aliphatic rings. The number of aryl methyl sites for hydroxylation is 1.